The van der Waals surface area contributed by atoms with E-state index >= 15 is 0 Å². The third kappa shape index (κ3) is 5.56. The molecule has 0 saturated carbocycles. The van der Waals surface area contributed by atoms with Gasteiger partial charge in [-0.15, -0.1) is 0 Å². The van der Waals surface area contributed by atoms with Gasteiger partial charge in [0, 0.05) is 30.3 Å². The molecule has 0 bridgehead atoms. The van der Waals surface area contributed by atoms with Gasteiger partial charge in [0.15, 0.2) is 0 Å². The van der Waals surface area contributed by atoms with Crippen molar-refractivity contribution in [1.29, 1.82) is 0 Å². The molecule has 0 spiro atoms. The van der Waals surface area contributed by atoms with Gasteiger partial charge in [0.1, 0.15) is 11.6 Å². The highest BCUT2D eigenvalue weighted by Crippen LogP contribution is 2.23. The SMILES string of the molecule is C=Cc1ccc(C(=O)Nc2cc(N3CCCCC3)nc(NC(=O)c3ccc(C=C)cc3)n2)cc1. The fourth-order valence-corrected chi connectivity index (χ4v) is 3.74. The number of carbonyl (C=O) groups excluding carboxylic acids is 2. The molecule has 1 aliphatic heterocycles. The summed E-state index contributed by atoms with van der Waals surface area (Å²) >= 11 is 0. The van der Waals surface area contributed by atoms with Gasteiger partial charge in [-0.25, -0.2) is 0 Å². The Balaban J connectivity index is 1.58. The van der Waals surface area contributed by atoms with Crippen LogP contribution in [-0.2, 0) is 0 Å². The molecule has 7 nitrogen and oxygen atoms in total. The Morgan fingerprint density at radius 2 is 1.29 bits per heavy atom. The Bertz CT molecular complexity index is 1110. The predicted molar refractivity (Wildman–Crippen MR) is 137 cm³/mol. The minimum absolute atomic E-state index is 0.137. The lowest BCUT2D eigenvalue weighted by molar-refractivity contribution is 0.101. The molecule has 2 amide bonds. The first kappa shape index (κ1) is 22.9. The third-order valence-corrected chi connectivity index (χ3v) is 5.68. The highest BCUT2D eigenvalue weighted by atomic mass is 16.2. The van der Waals surface area contributed by atoms with Crippen LogP contribution in [0, 0.1) is 0 Å². The van der Waals surface area contributed by atoms with Crippen molar-refractivity contribution in [2.24, 2.45) is 0 Å². The minimum Gasteiger partial charge on any atom is -0.356 e. The molecule has 4 rings (SSSR count). The first-order valence-electron chi connectivity index (χ1n) is 11.3. The van der Waals surface area contributed by atoms with E-state index in [1.165, 1.54) is 6.42 Å². The quantitative estimate of drug-likeness (QED) is 0.510. The van der Waals surface area contributed by atoms with Crippen LogP contribution >= 0.6 is 0 Å². The molecule has 2 aromatic carbocycles. The molecule has 0 aliphatic carbocycles. The summed E-state index contributed by atoms with van der Waals surface area (Å²) < 4.78 is 0. The number of rotatable bonds is 7. The molecule has 7 heteroatoms. The summed E-state index contributed by atoms with van der Waals surface area (Å²) in [5.41, 5.74) is 2.82. The smallest absolute Gasteiger partial charge is 0.258 e. The van der Waals surface area contributed by atoms with Gasteiger partial charge in [-0.3, -0.25) is 14.9 Å². The van der Waals surface area contributed by atoms with Crippen LogP contribution in [0.5, 0.6) is 0 Å². The van der Waals surface area contributed by atoms with Gasteiger partial charge in [0.2, 0.25) is 5.95 Å². The zero-order chi connectivity index (χ0) is 23.9. The van der Waals surface area contributed by atoms with Crippen LogP contribution in [0.2, 0.25) is 0 Å². The average Bonchev–Trinajstić information content (AvgIpc) is 2.89. The van der Waals surface area contributed by atoms with Crippen LogP contribution in [0.25, 0.3) is 12.2 Å². The van der Waals surface area contributed by atoms with Gasteiger partial charge >= 0.3 is 0 Å². The number of aromatic nitrogens is 2. The van der Waals surface area contributed by atoms with Crippen molar-refractivity contribution >= 4 is 41.6 Å². The van der Waals surface area contributed by atoms with E-state index in [9.17, 15) is 9.59 Å². The molecule has 1 saturated heterocycles. The zero-order valence-corrected chi connectivity index (χ0v) is 19.0. The molecular formula is C27H27N5O2. The van der Waals surface area contributed by atoms with Crippen molar-refractivity contribution < 1.29 is 9.59 Å². The van der Waals surface area contributed by atoms with Gasteiger partial charge in [-0.1, -0.05) is 49.6 Å². The van der Waals surface area contributed by atoms with E-state index < -0.39 is 0 Å². The Morgan fingerprint density at radius 1 is 0.765 bits per heavy atom. The fraction of sp³-hybridized carbons (Fsp3) is 0.185. The predicted octanol–water partition coefficient (Wildman–Crippen LogP) is 5.26. The molecule has 2 heterocycles. The standard InChI is InChI=1S/C27H27N5O2/c1-3-19-8-12-21(13-9-19)25(33)28-23-18-24(32-16-6-5-7-17-32)30-27(29-23)31-26(34)22-14-10-20(4-2)11-15-22/h3-4,8-15,18H,1-2,5-7,16-17H2,(H2,28,29,30,31,33,34). The van der Waals surface area contributed by atoms with E-state index in [0.29, 0.717) is 22.8 Å². The van der Waals surface area contributed by atoms with E-state index in [1.54, 1.807) is 42.5 Å². The van der Waals surface area contributed by atoms with Gasteiger partial charge in [-0.2, -0.15) is 9.97 Å². The number of nitrogens with zero attached hydrogens (tertiary/aromatic N) is 3. The molecule has 1 aliphatic rings. The van der Waals surface area contributed by atoms with E-state index in [0.717, 1.165) is 37.1 Å². The number of benzene rings is 2. The topological polar surface area (TPSA) is 87.2 Å². The molecule has 1 aromatic heterocycles. The van der Waals surface area contributed by atoms with Crippen molar-refractivity contribution in [3.8, 4) is 0 Å². The highest BCUT2D eigenvalue weighted by Gasteiger charge is 2.17. The Morgan fingerprint density at radius 3 is 1.82 bits per heavy atom. The van der Waals surface area contributed by atoms with Crippen molar-refractivity contribution in [3.63, 3.8) is 0 Å². The molecule has 0 radical (unpaired) electrons. The van der Waals surface area contributed by atoms with Crippen LogP contribution in [0.4, 0.5) is 17.6 Å². The van der Waals surface area contributed by atoms with Crippen molar-refractivity contribution in [3.05, 3.63) is 90.0 Å². The van der Waals surface area contributed by atoms with E-state index in [4.69, 9.17) is 0 Å². The Hall–Kier alpha value is -4.26. The van der Waals surface area contributed by atoms with Gasteiger partial charge in [0.25, 0.3) is 11.8 Å². The maximum absolute atomic E-state index is 12.8. The number of piperidine rings is 1. The molecule has 2 N–H and O–H groups in total. The first-order chi connectivity index (χ1) is 16.6. The summed E-state index contributed by atoms with van der Waals surface area (Å²) in [6.07, 6.45) is 6.75. The van der Waals surface area contributed by atoms with Crippen molar-refractivity contribution in [2.75, 3.05) is 28.6 Å². The third-order valence-electron chi connectivity index (χ3n) is 5.68. The number of hydrogen-bond donors (Lipinski definition) is 2. The second-order valence-corrected chi connectivity index (χ2v) is 8.04. The van der Waals surface area contributed by atoms with Crippen LogP contribution in [-0.4, -0.2) is 34.9 Å². The number of carbonyl (C=O) groups is 2. The molecule has 3 aromatic rings. The van der Waals surface area contributed by atoms with Gasteiger partial charge < -0.3 is 10.2 Å². The first-order valence-corrected chi connectivity index (χ1v) is 11.3. The monoisotopic (exact) mass is 453 g/mol. The molecular weight excluding hydrogens is 426 g/mol. The van der Waals surface area contributed by atoms with Gasteiger partial charge in [-0.05, 0) is 54.7 Å². The summed E-state index contributed by atoms with van der Waals surface area (Å²) in [4.78, 5) is 36.7. The maximum atomic E-state index is 12.8. The largest absolute Gasteiger partial charge is 0.356 e. The van der Waals surface area contributed by atoms with Gasteiger partial charge in [0.05, 0.1) is 0 Å². The Kier molecular flexibility index (Phi) is 7.13. The lowest BCUT2D eigenvalue weighted by Crippen LogP contribution is -2.31. The van der Waals surface area contributed by atoms with Crippen molar-refractivity contribution in [2.45, 2.75) is 19.3 Å². The normalized spacial score (nSPS) is 13.1. The lowest BCUT2D eigenvalue weighted by Gasteiger charge is -2.28. The van der Waals surface area contributed by atoms with Crippen LogP contribution in [0.3, 0.4) is 0 Å². The Labute approximate surface area is 199 Å². The lowest BCUT2D eigenvalue weighted by atomic mass is 10.1. The molecule has 1 fully saturated rings. The van der Waals surface area contributed by atoms with Crippen LogP contribution in [0.1, 0.15) is 51.1 Å². The second kappa shape index (κ2) is 10.6. The number of amides is 2. The molecule has 0 unspecified atom stereocenters. The molecule has 172 valence electrons. The minimum atomic E-state index is -0.330. The van der Waals surface area contributed by atoms with Crippen molar-refractivity contribution in [1.82, 2.24) is 9.97 Å². The van der Waals surface area contributed by atoms with E-state index in [1.807, 2.05) is 24.3 Å². The summed E-state index contributed by atoms with van der Waals surface area (Å²) in [6, 6.07) is 15.9. The fourth-order valence-electron chi connectivity index (χ4n) is 3.74. The summed E-state index contributed by atoms with van der Waals surface area (Å²) in [7, 11) is 0. The van der Waals surface area contributed by atoms with Crippen LogP contribution < -0.4 is 15.5 Å². The molecule has 34 heavy (non-hydrogen) atoms. The van der Waals surface area contributed by atoms with E-state index in [2.05, 4.69) is 38.7 Å². The summed E-state index contributed by atoms with van der Waals surface area (Å²) in [5, 5.41) is 5.61. The van der Waals surface area contributed by atoms with Crippen LogP contribution in [0.15, 0.2) is 67.8 Å². The average molecular weight is 454 g/mol. The zero-order valence-electron chi connectivity index (χ0n) is 19.0. The highest BCUT2D eigenvalue weighted by molar-refractivity contribution is 6.05. The van der Waals surface area contributed by atoms with E-state index in [-0.39, 0.29) is 17.8 Å². The maximum Gasteiger partial charge on any atom is 0.258 e. The molecule has 0 atom stereocenters. The number of hydrogen-bond acceptors (Lipinski definition) is 5. The summed E-state index contributed by atoms with van der Waals surface area (Å²) in [6.45, 7) is 9.19. The summed E-state index contributed by atoms with van der Waals surface area (Å²) in [5.74, 6) is 0.507. The second-order valence-electron chi connectivity index (χ2n) is 8.04. The number of nitrogens with one attached hydrogen (secondary N) is 2. The number of anilines is 3.